The molecular weight excluding hydrogens is 354 g/mol. The van der Waals surface area contributed by atoms with Crippen LogP contribution in [0.25, 0.3) is 0 Å². The lowest BCUT2D eigenvalue weighted by Gasteiger charge is -2.31. The van der Waals surface area contributed by atoms with E-state index in [-0.39, 0.29) is 24.3 Å². The number of carbonyl (C=O) groups is 2. The fraction of sp³-hybridized carbons (Fsp3) is 0.318. The minimum absolute atomic E-state index is 0.00450. The molecule has 0 atom stereocenters. The third-order valence-corrected chi connectivity index (χ3v) is 4.91. The average molecular weight is 377 g/mol. The van der Waals surface area contributed by atoms with E-state index >= 15 is 0 Å². The lowest BCUT2D eigenvalue weighted by molar-refractivity contribution is -0.136. The zero-order chi connectivity index (χ0) is 19.9. The van der Waals surface area contributed by atoms with Crippen LogP contribution in [-0.2, 0) is 9.59 Å². The number of rotatable bonds is 5. The van der Waals surface area contributed by atoms with Gasteiger partial charge in [0.2, 0.25) is 5.91 Å². The molecule has 2 amide bonds. The summed E-state index contributed by atoms with van der Waals surface area (Å²) in [6.07, 6.45) is 1.19. The maximum Gasteiger partial charge on any atom is 0.260 e. The van der Waals surface area contributed by atoms with Gasteiger partial charge in [0.25, 0.3) is 5.91 Å². The molecule has 0 radical (unpaired) electrons. The molecule has 2 aromatic rings. The number of hydrogen-bond acceptors (Lipinski definition) is 4. The van der Waals surface area contributed by atoms with Gasteiger partial charge in [0.05, 0.1) is 11.3 Å². The Hall–Kier alpha value is -3.33. The van der Waals surface area contributed by atoms with Crippen molar-refractivity contribution in [2.45, 2.75) is 19.8 Å². The van der Waals surface area contributed by atoms with Crippen molar-refractivity contribution in [2.24, 2.45) is 5.92 Å². The van der Waals surface area contributed by atoms with Crippen LogP contribution in [0.1, 0.15) is 24.0 Å². The molecule has 2 aromatic carbocycles. The Morgan fingerprint density at radius 2 is 1.82 bits per heavy atom. The molecule has 0 saturated carbocycles. The summed E-state index contributed by atoms with van der Waals surface area (Å²) in [7, 11) is 0. The second-order valence-electron chi connectivity index (χ2n) is 6.90. The van der Waals surface area contributed by atoms with E-state index in [1.165, 1.54) is 0 Å². The number of ether oxygens (including phenoxy) is 1. The fourth-order valence-corrected chi connectivity index (χ4v) is 3.19. The van der Waals surface area contributed by atoms with Gasteiger partial charge in [0.1, 0.15) is 11.8 Å². The largest absolute Gasteiger partial charge is 0.484 e. The van der Waals surface area contributed by atoms with E-state index in [9.17, 15) is 9.59 Å². The number of anilines is 1. The number of para-hydroxylation sites is 1. The van der Waals surface area contributed by atoms with Crippen molar-refractivity contribution in [1.29, 1.82) is 5.26 Å². The van der Waals surface area contributed by atoms with Crippen LogP contribution in [0.3, 0.4) is 0 Å². The molecule has 1 N–H and O–H groups in total. The summed E-state index contributed by atoms with van der Waals surface area (Å²) in [4.78, 5) is 26.6. The summed E-state index contributed by atoms with van der Waals surface area (Å²) in [5.74, 6) is 0.318. The molecule has 0 aromatic heterocycles. The standard InChI is InChI=1S/C22H23N3O3/c1-16-6-8-19(9-7-16)28-15-21(26)25-12-10-17(11-13-25)22(27)24-20-5-3-2-4-18(20)14-23/h2-9,17H,10-13,15H2,1H3,(H,24,27). The smallest absolute Gasteiger partial charge is 0.260 e. The molecule has 1 aliphatic rings. The van der Waals surface area contributed by atoms with Gasteiger partial charge in [0.15, 0.2) is 6.61 Å². The van der Waals surface area contributed by atoms with Gasteiger partial charge in [-0.2, -0.15) is 5.26 Å². The molecule has 6 nitrogen and oxygen atoms in total. The first-order valence-corrected chi connectivity index (χ1v) is 9.34. The van der Waals surface area contributed by atoms with Gasteiger partial charge in [-0.1, -0.05) is 29.8 Å². The molecule has 144 valence electrons. The lowest BCUT2D eigenvalue weighted by Crippen LogP contribution is -2.43. The van der Waals surface area contributed by atoms with Crippen molar-refractivity contribution in [3.63, 3.8) is 0 Å². The summed E-state index contributed by atoms with van der Waals surface area (Å²) in [5.41, 5.74) is 2.10. The Morgan fingerprint density at radius 1 is 1.14 bits per heavy atom. The Kier molecular flexibility index (Phi) is 6.28. The molecule has 1 fully saturated rings. The van der Waals surface area contributed by atoms with E-state index in [0.29, 0.717) is 42.9 Å². The van der Waals surface area contributed by atoms with Crippen LogP contribution in [-0.4, -0.2) is 36.4 Å². The monoisotopic (exact) mass is 377 g/mol. The van der Waals surface area contributed by atoms with E-state index in [4.69, 9.17) is 10.00 Å². The van der Waals surface area contributed by atoms with E-state index in [1.54, 1.807) is 29.2 Å². The molecule has 3 rings (SSSR count). The van der Waals surface area contributed by atoms with Crippen molar-refractivity contribution < 1.29 is 14.3 Å². The lowest BCUT2D eigenvalue weighted by atomic mass is 9.95. The van der Waals surface area contributed by atoms with Crippen molar-refractivity contribution in [1.82, 2.24) is 4.90 Å². The average Bonchev–Trinajstić information content (AvgIpc) is 2.73. The third kappa shape index (κ3) is 4.89. The van der Waals surface area contributed by atoms with Gasteiger partial charge in [0, 0.05) is 19.0 Å². The molecule has 0 spiro atoms. The van der Waals surface area contributed by atoms with E-state index in [0.717, 1.165) is 5.56 Å². The number of nitrogens with one attached hydrogen (secondary N) is 1. The SMILES string of the molecule is Cc1ccc(OCC(=O)N2CCC(C(=O)Nc3ccccc3C#N)CC2)cc1. The number of nitriles is 1. The number of aryl methyl sites for hydroxylation is 1. The summed E-state index contributed by atoms with van der Waals surface area (Å²) in [6, 6.07) is 16.6. The van der Waals surface area contributed by atoms with Crippen LogP contribution >= 0.6 is 0 Å². The summed E-state index contributed by atoms with van der Waals surface area (Å²) in [6.45, 7) is 3.03. The van der Waals surface area contributed by atoms with Crippen molar-refractivity contribution in [2.75, 3.05) is 25.0 Å². The summed E-state index contributed by atoms with van der Waals surface area (Å²) >= 11 is 0. The first-order chi connectivity index (χ1) is 13.6. The highest BCUT2D eigenvalue weighted by Crippen LogP contribution is 2.21. The predicted molar refractivity (Wildman–Crippen MR) is 106 cm³/mol. The van der Waals surface area contributed by atoms with Gasteiger partial charge >= 0.3 is 0 Å². The highest BCUT2D eigenvalue weighted by Gasteiger charge is 2.27. The zero-order valence-electron chi connectivity index (χ0n) is 15.9. The molecule has 0 bridgehead atoms. The molecule has 0 unspecified atom stereocenters. The topological polar surface area (TPSA) is 82.4 Å². The minimum atomic E-state index is -0.172. The Morgan fingerprint density at radius 3 is 2.50 bits per heavy atom. The van der Waals surface area contributed by atoms with Crippen LogP contribution in [0.2, 0.25) is 0 Å². The highest BCUT2D eigenvalue weighted by atomic mass is 16.5. The van der Waals surface area contributed by atoms with Gasteiger partial charge < -0.3 is 15.0 Å². The zero-order valence-corrected chi connectivity index (χ0v) is 15.9. The van der Waals surface area contributed by atoms with Crippen molar-refractivity contribution in [3.05, 3.63) is 59.7 Å². The second-order valence-corrected chi connectivity index (χ2v) is 6.90. The van der Waals surface area contributed by atoms with Gasteiger partial charge in [-0.05, 0) is 44.0 Å². The molecule has 6 heteroatoms. The first-order valence-electron chi connectivity index (χ1n) is 9.34. The van der Waals surface area contributed by atoms with Crippen LogP contribution in [0.5, 0.6) is 5.75 Å². The fourth-order valence-electron chi connectivity index (χ4n) is 3.19. The second kappa shape index (κ2) is 9.05. The number of benzene rings is 2. The highest BCUT2D eigenvalue weighted by molar-refractivity contribution is 5.94. The number of likely N-dealkylation sites (tertiary alicyclic amines) is 1. The van der Waals surface area contributed by atoms with Gasteiger partial charge in [-0.3, -0.25) is 9.59 Å². The maximum absolute atomic E-state index is 12.5. The Labute approximate surface area is 164 Å². The van der Waals surface area contributed by atoms with Crippen LogP contribution in [0, 0.1) is 24.2 Å². The number of piperidine rings is 1. The molecule has 1 saturated heterocycles. The molecule has 28 heavy (non-hydrogen) atoms. The Balaban J connectivity index is 1.47. The molecule has 1 aliphatic heterocycles. The van der Waals surface area contributed by atoms with E-state index in [1.807, 2.05) is 31.2 Å². The van der Waals surface area contributed by atoms with E-state index in [2.05, 4.69) is 11.4 Å². The van der Waals surface area contributed by atoms with Crippen LogP contribution in [0.4, 0.5) is 5.69 Å². The molecule has 0 aliphatic carbocycles. The predicted octanol–water partition coefficient (Wildman–Crippen LogP) is 3.12. The number of nitrogens with zero attached hydrogens (tertiary/aromatic N) is 2. The molecule has 1 heterocycles. The van der Waals surface area contributed by atoms with Gasteiger partial charge in [-0.15, -0.1) is 0 Å². The number of amides is 2. The number of carbonyl (C=O) groups excluding carboxylic acids is 2. The first kappa shape index (κ1) is 19.4. The van der Waals surface area contributed by atoms with Crippen molar-refractivity contribution >= 4 is 17.5 Å². The van der Waals surface area contributed by atoms with E-state index < -0.39 is 0 Å². The maximum atomic E-state index is 12.5. The van der Waals surface area contributed by atoms with Crippen LogP contribution < -0.4 is 10.1 Å². The third-order valence-electron chi connectivity index (χ3n) is 4.91. The Bertz CT molecular complexity index is 879. The summed E-state index contributed by atoms with van der Waals surface area (Å²) < 4.78 is 5.55. The quantitative estimate of drug-likeness (QED) is 0.868. The van der Waals surface area contributed by atoms with Gasteiger partial charge in [-0.25, -0.2) is 0 Å². The minimum Gasteiger partial charge on any atom is -0.484 e. The van der Waals surface area contributed by atoms with Crippen LogP contribution in [0.15, 0.2) is 48.5 Å². The van der Waals surface area contributed by atoms with Crippen molar-refractivity contribution in [3.8, 4) is 11.8 Å². The normalized spacial score (nSPS) is 14.2. The number of hydrogen-bond donors (Lipinski definition) is 1. The summed E-state index contributed by atoms with van der Waals surface area (Å²) in [5, 5.41) is 12.0. The molecular formula is C22H23N3O3.